The van der Waals surface area contributed by atoms with E-state index in [0.29, 0.717) is 53.7 Å². The van der Waals surface area contributed by atoms with Gasteiger partial charge in [0.25, 0.3) is 5.56 Å². The highest BCUT2D eigenvalue weighted by molar-refractivity contribution is 5.87. The number of nitrogens with zero attached hydrogens (tertiary/aromatic N) is 2. The van der Waals surface area contributed by atoms with Gasteiger partial charge in [-0.2, -0.15) is 0 Å². The third kappa shape index (κ3) is 2.83. The Kier molecular flexibility index (Phi) is 4.53. The third-order valence-electron chi connectivity index (χ3n) is 7.36. The average molecular weight is 464 g/mol. The average Bonchev–Trinajstić information content (AvgIpc) is 3.20. The fraction of sp³-hybridized carbons (Fsp3) is 0.400. The van der Waals surface area contributed by atoms with Crippen molar-refractivity contribution in [2.45, 2.75) is 45.1 Å². The Hall–Kier alpha value is -3.43. The van der Waals surface area contributed by atoms with E-state index in [0.717, 1.165) is 10.9 Å². The van der Waals surface area contributed by atoms with Crippen LogP contribution in [0.2, 0.25) is 0 Å². The van der Waals surface area contributed by atoms with Crippen LogP contribution in [0.4, 0.5) is 0 Å². The van der Waals surface area contributed by atoms with Crippen molar-refractivity contribution < 1.29 is 29.2 Å². The van der Waals surface area contributed by atoms with Gasteiger partial charge in [0.15, 0.2) is 17.6 Å². The number of pyridine rings is 2. The van der Waals surface area contributed by atoms with Crippen LogP contribution < -0.4 is 15.0 Å². The number of aromatic nitrogens is 2. The highest BCUT2D eigenvalue weighted by atomic mass is 16.6. The second-order valence-corrected chi connectivity index (χ2v) is 9.12. The van der Waals surface area contributed by atoms with Crippen molar-refractivity contribution in [3.05, 3.63) is 51.3 Å². The standard InChI is InChI=1S/C25H24N2O7/c1-3-25(31)12(2)22(28)24(30)34-11-15-16(25)8-18-21-14(10-27(18)23(15)29)6-13-7-19-20(9-17(13)26-21)33-5-4-32-19/h6-9,12,22,28,31H,3-5,10-11H2,1-2H3/t12?,22-,25-/m1/s1. The van der Waals surface area contributed by atoms with Gasteiger partial charge in [-0.05, 0) is 30.2 Å². The molecule has 2 N–H and O–H groups in total. The Labute approximate surface area is 194 Å². The van der Waals surface area contributed by atoms with Gasteiger partial charge >= 0.3 is 5.97 Å². The smallest absolute Gasteiger partial charge is 0.335 e. The summed E-state index contributed by atoms with van der Waals surface area (Å²) in [6.07, 6.45) is -1.30. The monoisotopic (exact) mass is 464 g/mol. The molecule has 0 bridgehead atoms. The number of ether oxygens (including phenoxy) is 3. The third-order valence-corrected chi connectivity index (χ3v) is 7.36. The molecule has 9 nitrogen and oxygen atoms in total. The summed E-state index contributed by atoms with van der Waals surface area (Å²) in [5, 5.41) is 22.9. The molecule has 3 aromatic rings. The van der Waals surface area contributed by atoms with Crippen LogP contribution in [0.25, 0.3) is 22.3 Å². The molecule has 0 amide bonds. The summed E-state index contributed by atoms with van der Waals surface area (Å²) >= 11 is 0. The van der Waals surface area contributed by atoms with Crippen LogP contribution in [0.1, 0.15) is 37.0 Å². The first kappa shape index (κ1) is 21.1. The minimum atomic E-state index is -1.59. The fourth-order valence-electron chi connectivity index (χ4n) is 5.29. The molecule has 3 aliphatic rings. The molecule has 1 aromatic carbocycles. The maximum Gasteiger partial charge on any atom is 0.335 e. The largest absolute Gasteiger partial charge is 0.486 e. The molecule has 6 rings (SSSR count). The SMILES string of the molecule is CC[C@]1(O)c2cc3n(c(=O)c2COC(=O)[C@H](O)C1C)Cc1cc2cc4c(cc2nc1-3)OCCO4. The molecule has 0 radical (unpaired) electrons. The normalized spacial score (nSPS) is 25.1. The number of carbonyl (C=O) groups excluding carboxylic acids is 1. The zero-order valence-electron chi connectivity index (χ0n) is 18.8. The van der Waals surface area contributed by atoms with E-state index in [1.54, 1.807) is 24.5 Å². The molecule has 2 aromatic heterocycles. The highest BCUT2D eigenvalue weighted by Gasteiger charge is 2.46. The molecule has 3 atom stereocenters. The minimum Gasteiger partial charge on any atom is -0.486 e. The zero-order valence-corrected chi connectivity index (χ0v) is 18.8. The summed E-state index contributed by atoms with van der Waals surface area (Å²) in [7, 11) is 0. The number of benzene rings is 1. The van der Waals surface area contributed by atoms with Gasteiger partial charge in [-0.25, -0.2) is 9.78 Å². The number of esters is 1. The summed E-state index contributed by atoms with van der Waals surface area (Å²) in [4.78, 5) is 30.7. The number of hydrogen-bond donors (Lipinski definition) is 2. The van der Waals surface area contributed by atoms with E-state index in [2.05, 4.69) is 0 Å². The molecular weight excluding hydrogens is 440 g/mol. The van der Waals surface area contributed by atoms with E-state index in [1.165, 1.54) is 0 Å². The van der Waals surface area contributed by atoms with Gasteiger partial charge in [-0.15, -0.1) is 0 Å². The summed E-state index contributed by atoms with van der Waals surface area (Å²) in [5.41, 5.74) is 1.45. The van der Waals surface area contributed by atoms with Crippen LogP contribution in [-0.2, 0) is 28.3 Å². The van der Waals surface area contributed by atoms with Crippen molar-refractivity contribution in [1.29, 1.82) is 0 Å². The van der Waals surface area contributed by atoms with Gasteiger partial charge in [0.05, 0.1) is 34.6 Å². The maximum absolute atomic E-state index is 13.6. The van der Waals surface area contributed by atoms with Gasteiger partial charge in [-0.1, -0.05) is 13.8 Å². The van der Waals surface area contributed by atoms with Crippen LogP contribution in [0.15, 0.2) is 29.1 Å². The molecule has 3 aliphatic heterocycles. The number of cyclic esters (lactones) is 1. The molecule has 0 saturated heterocycles. The number of aliphatic hydroxyl groups is 2. The van der Waals surface area contributed by atoms with Gasteiger partial charge in [-0.3, -0.25) is 4.79 Å². The van der Waals surface area contributed by atoms with Crippen molar-refractivity contribution in [3.63, 3.8) is 0 Å². The lowest BCUT2D eigenvalue weighted by Crippen LogP contribution is -2.47. The van der Waals surface area contributed by atoms with E-state index >= 15 is 0 Å². The summed E-state index contributed by atoms with van der Waals surface area (Å²) in [6.45, 7) is 4.30. The van der Waals surface area contributed by atoms with E-state index in [-0.39, 0.29) is 24.2 Å². The van der Waals surface area contributed by atoms with Crippen molar-refractivity contribution >= 4 is 16.9 Å². The van der Waals surface area contributed by atoms with Crippen molar-refractivity contribution in [2.24, 2.45) is 5.92 Å². The predicted octanol–water partition coefficient (Wildman–Crippen LogP) is 1.85. The van der Waals surface area contributed by atoms with Crippen LogP contribution in [0, 0.1) is 5.92 Å². The van der Waals surface area contributed by atoms with E-state index in [4.69, 9.17) is 19.2 Å². The van der Waals surface area contributed by atoms with Crippen molar-refractivity contribution in [3.8, 4) is 22.9 Å². The molecule has 0 aliphatic carbocycles. The van der Waals surface area contributed by atoms with Gasteiger partial charge in [0.2, 0.25) is 0 Å². The maximum atomic E-state index is 13.6. The van der Waals surface area contributed by atoms with Crippen LogP contribution in [0.5, 0.6) is 11.5 Å². The van der Waals surface area contributed by atoms with Gasteiger partial charge in [0.1, 0.15) is 19.8 Å². The molecule has 9 heteroatoms. The van der Waals surface area contributed by atoms with Crippen LogP contribution in [-0.4, -0.2) is 45.1 Å². The second-order valence-electron chi connectivity index (χ2n) is 9.12. The van der Waals surface area contributed by atoms with Gasteiger partial charge in [0, 0.05) is 22.9 Å². The summed E-state index contributed by atoms with van der Waals surface area (Å²) in [6, 6.07) is 7.46. The molecule has 5 heterocycles. The molecule has 0 fully saturated rings. The van der Waals surface area contributed by atoms with E-state index in [1.807, 2.05) is 18.2 Å². The van der Waals surface area contributed by atoms with Gasteiger partial charge < -0.3 is 29.0 Å². The Morgan fingerprint density at radius 3 is 2.59 bits per heavy atom. The molecule has 34 heavy (non-hydrogen) atoms. The minimum absolute atomic E-state index is 0.204. The van der Waals surface area contributed by atoms with Crippen LogP contribution >= 0.6 is 0 Å². The number of carbonyl (C=O) groups is 1. The lowest BCUT2D eigenvalue weighted by Gasteiger charge is -2.38. The Morgan fingerprint density at radius 2 is 1.85 bits per heavy atom. The first-order valence-corrected chi connectivity index (χ1v) is 11.4. The topological polar surface area (TPSA) is 120 Å². The number of rotatable bonds is 1. The fourth-order valence-corrected chi connectivity index (χ4v) is 5.29. The van der Waals surface area contributed by atoms with Crippen molar-refractivity contribution in [1.82, 2.24) is 9.55 Å². The lowest BCUT2D eigenvalue weighted by molar-refractivity contribution is -0.168. The first-order chi connectivity index (χ1) is 16.3. The molecule has 0 spiro atoms. The number of aliphatic hydroxyl groups excluding tert-OH is 1. The zero-order chi connectivity index (χ0) is 23.8. The predicted molar refractivity (Wildman–Crippen MR) is 121 cm³/mol. The Morgan fingerprint density at radius 1 is 1.12 bits per heavy atom. The first-order valence-electron chi connectivity index (χ1n) is 11.4. The quantitative estimate of drug-likeness (QED) is 0.410. The van der Waals surface area contributed by atoms with E-state index < -0.39 is 23.6 Å². The number of fused-ring (bicyclic) bond motifs is 6. The molecule has 0 saturated carbocycles. The summed E-state index contributed by atoms with van der Waals surface area (Å²) in [5.74, 6) is -0.427. The number of hydrogen-bond acceptors (Lipinski definition) is 8. The second kappa shape index (κ2) is 7.28. The highest BCUT2D eigenvalue weighted by Crippen LogP contribution is 2.42. The Balaban J connectivity index is 1.57. The summed E-state index contributed by atoms with van der Waals surface area (Å²) < 4.78 is 18.2. The lowest BCUT2D eigenvalue weighted by atomic mass is 9.75. The Bertz CT molecular complexity index is 1430. The molecule has 1 unspecified atom stereocenters. The molecule has 176 valence electrons. The molecular formula is C25H24N2O7. The van der Waals surface area contributed by atoms with Crippen molar-refractivity contribution in [2.75, 3.05) is 13.2 Å². The van der Waals surface area contributed by atoms with E-state index in [9.17, 15) is 19.8 Å². The van der Waals surface area contributed by atoms with Crippen LogP contribution in [0.3, 0.4) is 0 Å².